The number of hydrogen-bond acceptors (Lipinski definition) is 2. The molecule has 0 aliphatic rings. The average Bonchev–Trinajstić information content (AvgIpc) is 2.46. The third-order valence-corrected chi connectivity index (χ3v) is 3.11. The number of rotatable bonds is 5. The van der Waals surface area contributed by atoms with Crippen LogP contribution in [0.1, 0.15) is 23.6 Å². The fourth-order valence-corrected chi connectivity index (χ4v) is 1.91. The summed E-state index contributed by atoms with van der Waals surface area (Å²) in [6.45, 7) is 2.82. The number of hydrogen-bond donors (Lipinski definition) is 1. The lowest BCUT2D eigenvalue weighted by Gasteiger charge is -2.10. The van der Waals surface area contributed by atoms with Gasteiger partial charge in [0, 0.05) is 6.54 Å². The molecule has 0 aliphatic heterocycles. The Hall–Kier alpha value is -1.87. The molecule has 0 atom stereocenters. The van der Waals surface area contributed by atoms with Gasteiger partial charge in [0.15, 0.2) is 0 Å². The van der Waals surface area contributed by atoms with E-state index in [1.807, 2.05) is 24.3 Å². The van der Waals surface area contributed by atoms with Crippen molar-refractivity contribution in [1.29, 1.82) is 0 Å². The minimum atomic E-state index is -0.267. The largest absolute Gasteiger partial charge is 0.489 e. The fourth-order valence-electron chi connectivity index (χ4n) is 1.91. The van der Waals surface area contributed by atoms with Gasteiger partial charge in [-0.3, -0.25) is 0 Å². The van der Waals surface area contributed by atoms with Crippen LogP contribution < -0.4 is 10.5 Å². The van der Waals surface area contributed by atoms with Gasteiger partial charge in [0.05, 0.1) is 0 Å². The maximum atomic E-state index is 13.1. The van der Waals surface area contributed by atoms with Crippen LogP contribution in [0.4, 0.5) is 4.39 Å². The van der Waals surface area contributed by atoms with E-state index >= 15 is 0 Å². The highest BCUT2D eigenvalue weighted by molar-refractivity contribution is 5.30. The summed E-state index contributed by atoms with van der Waals surface area (Å²) >= 11 is 0. The molecular formula is C16H18FNO. The Labute approximate surface area is 113 Å². The maximum Gasteiger partial charge on any atom is 0.123 e. The minimum absolute atomic E-state index is 0.267. The Morgan fingerprint density at radius 1 is 1.05 bits per heavy atom. The van der Waals surface area contributed by atoms with E-state index in [0.29, 0.717) is 13.2 Å². The summed E-state index contributed by atoms with van der Waals surface area (Å²) in [5.74, 6) is 0.543. The Kier molecular flexibility index (Phi) is 4.53. The van der Waals surface area contributed by atoms with Crippen LogP contribution in [0.2, 0.25) is 0 Å². The van der Waals surface area contributed by atoms with Crippen LogP contribution in [0, 0.1) is 5.82 Å². The van der Waals surface area contributed by atoms with Crippen molar-refractivity contribution in [2.24, 2.45) is 5.73 Å². The lowest BCUT2D eigenvalue weighted by molar-refractivity contribution is 0.304. The van der Waals surface area contributed by atoms with Crippen molar-refractivity contribution in [1.82, 2.24) is 0 Å². The average molecular weight is 259 g/mol. The first-order valence-electron chi connectivity index (χ1n) is 6.42. The van der Waals surface area contributed by atoms with E-state index in [1.165, 1.54) is 17.7 Å². The molecule has 2 N–H and O–H groups in total. The van der Waals surface area contributed by atoms with Gasteiger partial charge in [-0.25, -0.2) is 4.39 Å². The zero-order chi connectivity index (χ0) is 13.7. The van der Waals surface area contributed by atoms with E-state index in [2.05, 4.69) is 6.92 Å². The van der Waals surface area contributed by atoms with Crippen molar-refractivity contribution in [3.8, 4) is 5.75 Å². The minimum Gasteiger partial charge on any atom is -0.489 e. The van der Waals surface area contributed by atoms with E-state index in [4.69, 9.17) is 10.5 Å². The fraction of sp³-hybridized carbons (Fsp3) is 0.250. The molecule has 2 aromatic carbocycles. The summed E-state index contributed by atoms with van der Waals surface area (Å²) in [6, 6.07) is 12.6. The summed E-state index contributed by atoms with van der Waals surface area (Å²) in [5, 5.41) is 0. The molecule has 0 heterocycles. The first-order chi connectivity index (χ1) is 9.22. The zero-order valence-electron chi connectivity index (χ0n) is 11.0. The van der Waals surface area contributed by atoms with Crippen molar-refractivity contribution < 1.29 is 9.13 Å². The van der Waals surface area contributed by atoms with E-state index in [1.54, 1.807) is 6.07 Å². The van der Waals surface area contributed by atoms with Crippen LogP contribution in [-0.4, -0.2) is 0 Å². The molecule has 0 saturated heterocycles. The second-order valence-corrected chi connectivity index (χ2v) is 4.40. The predicted molar refractivity (Wildman–Crippen MR) is 74.4 cm³/mol. The van der Waals surface area contributed by atoms with Crippen molar-refractivity contribution >= 4 is 0 Å². The Balaban J connectivity index is 2.05. The van der Waals surface area contributed by atoms with Crippen molar-refractivity contribution in [2.75, 3.05) is 0 Å². The van der Waals surface area contributed by atoms with Crippen LogP contribution in [-0.2, 0) is 19.6 Å². The SMILES string of the molecule is CCc1ccc(OCc2ccc(F)cc2CN)cc1. The van der Waals surface area contributed by atoms with Crippen molar-refractivity contribution in [3.05, 3.63) is 65.0 Å². The highest BCUT2D eigenvalue weighted by Gasteiger charge is 2.04. The van der Waals surface area contributed by atoms with Crippen molar-refractivity contribution in [3.63, 3.8) is 0 Å². The summed E-state index contributed by atoms with van der Waals surface area (Å²) in [6.07, 6.45) is 1.01. The Morgan fingerprint density at radius 3 is 2.42 bits per heavy atom. The molecule has 100 valence electrons. The number of halogens is 1. The Morgan fingerprint density at radius 2 is 1.79 bits per heavy atom. The van der Waals surface area contributed by atoms with Crippen molar-refractivity contribution in [2.45, 2.75) is 26.5 Å². The molecule has 0 bridgehead atoms. The molecule has 2 aromatic rings. The van der Waals surface area contributed by atoms with Gasteiger partial charge in [-0.2, -0.15) is 0 Å². The van der Waals surface area contributed by atoms with Gasteiger partial charge in [0.2, 0.25) is 0 Å². The quantitative estimate of drug-likeness (QED) is 0.893. The number of ether oxygens (including phenoxy) is 1. The summed E-state index contributed by atoms with van der Waals surface area (Å²) < 4.78 is 18.8. The maximum absolute atomic E-state index is 13.1. The normalized spacial score (nSPS) is 10.5. The number of aryl methyl sites for hydroxylation is 1. The monoisotopic (exact) mass is 259 g/mol. The molecule has 19 heavy (non-hydrogen) atoms. The third kappa shape index (κ3) is 3.55. The highest BCUT2D eigenvalue weighted by atomic mass is 19.1. The molecular weight excluding hydrogens is 241 g/mol. The standard InChI is InChI=1S/C16H18FNO/c1-2-12-3-7-16(8-4-12)19-11-13-5-6-15(17)9-14(13)10-18/h3-9H,2,10-11,18H2,1H3. The molecule has 0 aliphatic carbocycles. The second kappa shape index (κ2) is 6.34. The van der Waals surface area contributed by atoms with Gasteiger partial charge in [0.1, 0.15) is 18.2 Å². The van der Waals surface area contributed by atoms with Crippen LogP contribution in [0.5, 0.6) is 5.75 Å². The lowest BCUT2D eigenvalue weighted by atomic mass is 10.1. The van der Waals surface area contributed by atoms with Gasteiger partial charge in [-0.05, 0) is 47.4 Å². The highest BCUT2D eigenvalue weighted by Crippen LogP contribution is 2.17. The van der Waals surface area contributed by atoms with Gasteiger partial charge >= 0.3 is 0 Å². The molecule has 0 aromatic heterocycles. The molecule has 0 saturated carbocycles. The molecule has 0 unspecified atom stereocenters. The van der Waals surface area contributed by atoms with Crippen LogP contribution in [0.25, 0.3) is 0 Å². The topological polar surface area (TPSA) is 35.2 Å². The van der Waals surface area contributed by atoms with Crippen LogP contribution in [0.3, 0.4) is 0 Å². The van der Waals surface area contributed by atoms with E-state index in [-0.39, 0.29) is 5.82 Å². The first kappa shape index (κ1) is 13.6. The van der Waals surface area contributed by atoms with E-state index in [0.717, 1.165) is 23.3 Å². The van der Waals surface area contributed by atoms with E-state index < -0.39 is 0 Å². The summed E-state index contributed by atoms with van der Waals surface area (Å²) in [7, 11) is 0. The van der Waals surface area contributed by atoms with Crippen LogP contribution >= 0.6 is 0 Å². The predicted octanol–water partition coefficient (Wildman–Crippen LogP) is 3.43. The molecule has 0 radical (unpaired) electrons. The van der Waals surface area contributed by atoms with Gasteiger partial charge in [-0.1, -0.05) is 25.1 Å². The summed E-state index contributed by atoms with van der Waals surface area (Å²) in [5.41, 5.74) is 8.58. The second-order valence-electron chi connectivity index (χ2n) is 4.40. The van der Waals surface area contributed by atoms with E-state index in [9.17, 15) is 4.39 Å². The molecule has 2 nitrogen and oxygen atoms in total. The third-order valence-electron chi connectivity index (χ3n) is 3.11. The van der Waals surface area contributed by atoms with Gasteiger partial charge in [0.25, 0.3) is 0 Å². The molecule has 3 heteroatoms. The van der Waals surface area contributed by atoms with Crippen LogP contribution in [0.15, 0.2) is 42.5 Å². The van der Waals surface area contributed by atoms with Gasteiger partial charge in [-0.15, -0.1) is 0 Å². The lowest BCUT2D eigenvalue weighted by Crippen LogP contribution is -2.05. The Bertz CT molecular complexity index is 537. The molecule has 0 fully saturated rings. The number of benzene rings is 2. The molecule has 2 rings (SSSR count). The first-order valence-corrected chi connectivity index (χ1v) is 6.42. The zero-order valence-corrected chi connectivity index (χ0v) is 11.0. The summed E-state index contributed by atoms with van der Waals surface area (Å²) in [4.78, 5) is 0. The molecule has 0 spiro atoms. The smallest absolute Gasteiger partial charge is 0.123 e. The molecule has 0 amide bonds. The number of nitrogens with two attached hydrogens (primary N) is 1. The van der Waals surface area contributed by atoms with Gasteiger partial charge < -0.3 is 10.5 Å².